The molecule has 4 aliphatic rings. The number of halogens is 1. The van der Waals surface area contributed by atoms with Gasteiger partial charge in [-0.1, -0.05) is 6.92 Å². The second kappa shape index (κ2) is 8.62. The summed E-state index contributed by atoms with van der Waals surface area (Å²) in [4.78, 5) is 20.4. The zero-order chi connectivity index (χ0) is 25.7. The Bertz CT molecular complexity index is 1400. The zero-order valence-corrected chi connectivity index (χ0v) is 20.6. The number of anilines is 1. The van der Waals surface area contributed by atoms with E-state index in [0.717, 1.165) is 36.3 Å². The molecule has 2 fully saturated rings. The van der Waals surface area contributed by atoms with Gasteiger partial charge in [0.05, 0.1) is 17.0 Å². The number of benzene rings is 1. The number of nitrogens with zero attached hydrogens (tertiary/aromatic N) is 4. The predicted molar refractivity (Wildman–Crippen MR) is 132 cm³/mol. The highest BCUT2D eigenvalue weighted by atomic mass is 32.2. The van der Waals surface area contributed by atoms with Gasteiger partial charge in [-0.2, -0.15) is 23.0 Å². The van der Waals surface area contributed by atoms with Gasteiger partial charge in [0, 0.05) is 32.6 Å². The molecule has 0 aromatic heterocycles. The zero-order valence-electron chi connectivity index (χ0n) is 19.8. The minimum atomic E-state index is -3.97. The van der Waals surface area contributed by atoms with Crippen molar-refractivity contribution in [1.82, 2.24) is 9.62 Å². The Morgan fingerprint density at radius 2 is 2.11 bits per heavy atom. The molecule has 1 amide bonds. The van der Waals surface area contributed by atoms with Crippen molar-refractivity contribution in [3.63, 3.8) is 0 Å². The monoisotopic (exact) mass is 512 g/mol. The second-order valence-corrected chi connectivity index (χ2v) is 11.3. The Morgan fingerprint density at radius 1 is 1.36 bits per heavy atom. The predicted octanol–water partition coefficient (Wildman–Crippen LogP) is 1.93. The van der Waals surface area contributed by atoms with Gasteiger partial charge in [0.25, 0.3) is 5.91 Å². The lowest BCUT2D eigenvalue weighted by Crippen LogP contribution is -2.64. The molecule has 1 saturated heterocycles. The molecular formula is C24H25FN6O4S. The molecule has 1 aromatic carbocycles. The van der Waals surface area contributed by atoms with Crippen LogP contribution in [0.25, 0.3) is 0 Å². The first-order valence-electron chi connectivity index (χ1n) is 11.6. The number of carbonyl (C=O) groups is 1. The molecule has 2 aliphatic heterocycles. The lowest BCUT2D eigenvalue weighted by molar-refractivity contribution is -0.114. The Balaban J connectivity index is 1.57. The molecule has 1 unspecified atom stereocenters. The maximum absolute atomic E-state index is 15.2. The molecule has 1 atom stereocenters. The number of allylic oxidation sites excluding steroid dienone is 1. The van der Waals surface area contributed by atoms with Gasteiger partial charge in [0.2, 0.25) is 0 Å². The van der Waals surface area contributed by atoms with Crippen LogP contribution < -0.4 is 14.8 Å². The van der Waals surface area contributed by atoms with Gasteiger partial charge in [-0.3, -0.25) is 9.52 Å². The quantitative estimate of drug-likeness (QED) is 0.573. The number of aliphatic imine (C=N–C) groups is 2. The molecule has 1 spiro atoms. The summed E-state index contributed by atoms with van der Waals surface area (Å²) in [6.45, 7) is 3.60. The summed E-state index contributed by atoms with van der Waals surface area (Å²) in [6, 6.07) is 4.13. The number of amides is 1. The Kier molecular flexibility index (Phi) is 5.82. The standard InChI is InChI=1S/C24H25FN6O4S/c1-3-31(2)36(33,34)30-20-5-4-18(25)21(17(20)11-26)35-24(15-8-23(9-15)12-27-13-23)7-6-19-16(10-24)22(32)29-14-28-19/h4-7,10,14-15,27,30H,3,8-9,12-13H2,1-2H3. The minimum absolute atomic E-state index is 0.106. The lowest BCUT2D eigenvalue weighted by atomic mass is 9.53. The van der Waals surface area contributed by atoms with Crippen LogP contribution in [-0.4, -0.2) is 63.0 Å². The average Bonchev–Trinajstić information content (AvgIpc) is 2.79. The van der Waals surface area contributed by atoms with Crippen molar-refractivity contribution < 1.29 is 22.3 Å². The fourth-order valence-electron chi connectivity index (χ4n) is 5.03. The van der Waals surface area contributed by atoms with Crippen LogP contribution >= 0.6 is 0 Å². The van der Waals surface area contributed by atoms with E-state index in [1.807, 2.05) is 6.07 Å². The first-order valence-corrected chi connectivity index (χ1v) is 13.0. The number of carbonyl (C=O) groups excluding carboxylic acids is 1. The number of hydrogen-bond acceptors (Lipinski definition) is 7. The Morgan fingerprint density at radius 3 is 2.75 bits per heavy atom. The molecule has 1 aromatic rings. The largest absolute Gasteiger partial charge is 0.474 e. The highest BCUT2D eigenvalue weighted by Gasteiger charge is 2.57. The van der Waals surface area contributed by atoms with E-state index in [0.29, 0.717) is 5.71 Å². The summed E-state index contributed by atoms with van der Waals surface area (Å²) in [5, 5.41) is 13.2. The number of hydrogen-bond donors (Lipinski definition) is 2. The first-order chi connectivity index (χ1) is 17.1. The summed E-state index contributed by atoms with van der Waals surface area (Å²) >= 11 is 0. The van der Waals surface area contributed by atoms with Crippen molar-refractivity contribution in [1.29, 1.82) is 5.26 Å². The van der Waals surface area contributed by atoms with Gasteiger partial charge < -0.3 is 10.1 Å². The van der Waals surface area contributed by atoms with Crippen molar-refractivity contribution in [2.45, 2.75) is 25.4 Å². The van der Waals surface area contributed by atoms with E-state index >= 15 is 4.39 Å². The molecule has 5 rings (SSSR count). The molecule has 188 valence electrons. The van der Waals surface area contributed by atoms with Crippen molar-refractivity contribution >= 4 is 33.9 Å². The number of fused-ring (bicyclic) bond motifs is 1. The van der Waals surface area contributed by atoms with E-state index in [1.165, 1.54) is 19.5 Å². The summed E-state index contributed by atoms with van der Waals surface area (Å²) < 4.78 is 50.1. The highest BCUT2D eigenvalue weighted by molar-refractivity contribution is 7.90. The van der Waals surface area contributed by atoms with Gasteiger partial charge >= 0.3 is 10.2 Å². The lowest BCUT2D eigenvalue weighted by Gasteiger charge is -2.58. The second-order valence-electron chi connectivity index (χ2n) is 9.55. The maximum Gasteiger partial charge on any atom is 0.301 e. The van der Waals surface area contributed by atoms with Crippen molar-refractivity contribution in [2.75, 3.05) is 31.4 Å². The van der Waals surface area contributed by atoms with Crippen molar-refractivity contribution in [3.05, 3.63) is 47.3 Å². The number of nitrogens with one attached hydrogen (secondary N) is 2. The minimum Gasteiger partial charge on any atom is -0.474 e. The third-order valence-electron chi connectivity index (χ3n) is 7.34. The normalized spacial score (nSPS) is 24.4. The molecular weight excluding hydrogens is 487 g/mol. The van der Waals surface area contributed by atoms with E-state index in [4.69, 9.17) is 4.74 Å². The SMILES string of the molecule is CCN(C)S(=O)(=O)Nc1ccc(F)c(OC2(C3CC4(CNC4)C3)C=CC3=NC=NC(=O)C3=C2)c1C#N. The molecule has 10 nitrogen and oxygen atoms in total. The van der Waals surface area contributed by atoms with Gasteiger partial charge in [-0.25, -0.2) is 9.38 Å². The molecule has 0 radical (unpaired) electrons. The summed E-state index contributed by atoms with van der Waals surface area (Å²) in [5.74, 6) is -1.81. The fourth-order valence-corrected chi connectivity index (χ4v) is 5.98. The van der Waals surface area contributed by atoms with Gasteiger partial charge in [0.1, 0.15) is 23.6 Å². The number of ether oxygens (including phenoxy) is 1. The number of rotatable bonds is 7. The maximum atomic E-state index is 15.2. The third kappa shape index (κ3) is 3.93. The van der Waals surface area contributed by atoms with E-state index in [2.05, 4.69) is 20.0 Å². The summed E-state index contributed by atoms with van der Waals surface area (Å²) in [5.41, 5.74) is -0.838. The molecule has 1 saturated carbocycles. The van der Waals surface area contributed by atoms with Crippen LogP contribution in [0, 0.1) is 28.5 Å². The van der Waals surface area contributed by atoms with Gasteiger partial charge in [-0.05, 0) is 48.6 Å². The first kappa shape index (κ1) is 24.3. The smallest absolute Gasteiger partial charge is 0.301 e. The van der Waals surface area contributed by atoms with Crippen molar-refractivity contribution in [2.24, 2.45) is 21.3 Å². The molecule has 36 heavy (non-hydrogen) atoms. The van der Waals surface area contributed by atoms with E-state index in [1.54, 1.807) is 25.2 Å². The Labute approximate surface area is 208 Å². The van der Waals surface area contributed by atoms with Crippen molar-refractivity contribution in [3.8, 4) is 11.8 Å². The van der Waals surface area contributed by atoms with Gasteiger partial charge in [0.15, 0.2) is 11.6 Å². The van der Waals surface area contributed by atoms with Crippen LogP contribution in [0.1, 0.15) is 25.3 Å². The van der Waals surface area contributed by atoms with E-state index in [-0.39, 0.29) is 34.7 Å². The third-order valence-corrected chi connectivity index (χ3v) is 8.90. The average molecular weight is 513 g/mol. The summed E-state index contributed by atoms with van der Waals surface area (Å²) in [6.07, 6.45) is 7.71. The molecule has 2 heterocycles. The molecule has 2 N–H and O–H groups in total. The van der Waals surface area contributed by atoms with Crippen LogP contribution in [0.2, 0.25) is 0 Å². The molecule has 2 aliphatic carbocycles. The van der Waals surface area contributed by atoms with Gasteiger partial charge in [-0.15, -0.1) is 0 Å². The van der Waals surface area contributed by atoms with E-state index in [9.17, 15) is 18.5 Å². The summed E-state index contributed by atoms with van der Waals surface area (Å²) in [7, 11) is -2.59. The highest BCUT2D eigenvalue weighted by Crippen LogP contribution is 2.55. The van der Waals surface area contributed by atoms with E-state index < -0.39 is 33.3 Å². The fraction of sp³-hybridized carbons (Fsp3) is 0.417. The van der Waals surface area contributed by atoms with Crippen LogP contribution in [-0.2, 0) is 15.0 Å². The Hall–Kier alpha value is -3.40. The number of nitriles is 1. The van der Waals surface area contributed by atoms with Crippen LogP contribution in [0.4, 0.5) is 10.1 Å². The van der Waals surface area contributed by atoms with Crippen LogP contribution in [0.3, 0.4) is 0 Å². The topological polar surface area (TPSA) is 136 Å². The van der Waals surface area contributed by atoms with Crippen LogP contribution in [0.15, 0.2) is 45.9 Å². The molecule has 12 heteroatoms. The van der Waals surface area contributed by atoms with Crippen LogP contribution in [0.5, 0.6) is 5.75 Å². The molecule has 0 bridgehead atoms.